The second-order valence-corrected chi connectivity index (χ2v) is 6.86. The molecule has 1 fully saturated rings. The van der Waals surface area contributed by atoms with Gasteiger partial charge >= 0.3 is 0 Å². The normalized spacial score (nSPS) is 24.5. The average Bonchev–Trinajstić information content (AvgIpc) is 2.71. The maximum absolute atomic E-state index is 2.51. The van der Waals surface area contributed by atoms with Crippen LogP contribution in [0.3, 0.4) is 0 Å². The summed E-state index contributed by atoms with van der Waals surface area (Å²) < 4.78 is 0. The van der Waals surface area contributed by atoms with Crippen molar-refractivity contribution in [2.24, 2.45) is 0 Å². The molecule has 3 aliphatic carbocycles. The summed E-state index contributed by atoms with van der Waals surface area (Å²) >= 11 is 0. The molecule has 0 heteroatoms. The first-order valence-corrected chi connectivity index (χ1v) is 8.15. The molecule has 0 unspecified atom stereocenters. The van der Waals surface area contributed by atoms with E-state index in [-0.39, 0.29) is 0 Å². The van der Waals surface area contributed by atoms with E-state index in [1.54, 1.807) is 16.7 Å². The van der Waals surface area contributed by atoms with E-state index in [1.807, 2.05) is 5.57 Å². The number of aryl methyl sites for hydroxylation is 1. The summed E-state index contributed by atoms with van der Waals surface area (Å²) in [6.45, 7) is 2.26. The third kappa shape index (κ3) is 1.58. The maximum Gasteiger partial charge on any atom is 0.0174 e. The Labute approximate surface area is 116 Å². The molecule has 0 radical (unpaired) electrons. The van der Waals surface area contributed by atoms with Gasteiger partial charge in [0.25, 0.3) is 0 Å². The molecular weight excluding hydrogens is 228 g/mol. The van der Waals surface area contributed by atoms with Gasteiger partial charge in [-0.2, -0.15) is 0 Å². The Morgan fingerprint density at radius 2 is 1.68 bits per heavy atom. The van der Waals surface area contributed by atoms with Crippen LogP contribution in [0.5, 0.6) is 0 Å². The van der Waals surface area contributed by atoms with E-state index in [9.17, 15) is 0 Å². The van der Waals surface area contributed by atoms with Crippen LogP contribution >= 0.6 is 0 Å². The monoisotopic (exact) mass is 252 g/mol. The van der Waals surface area contributed by atoms with Crippen molar-refractivity contribution in [1.29, 1.82) is 0 Å². The van der Waals surface area contributed by atoms with Gasteiger partial charge in [-0.25, -0.2) is 0 Å². The number of fused-ring (bicyclic) bond motifs is 4. The molecular formula is C19H24. The lowest BCUT2D eigenvalue weighted by Crippen LogP contribution is -2.30. The Bertz CT molecular complexity index is 541. The van der Waals surface area contributed by atoms with Gasteiger partial charge in [-0.1, -0.05) is 48.6 Å². The minimum atomic E-state index is 0.468. The summed E-state index contributed by atoms with van der Waals surface area (Å²) in [6, 6.07) is 7.26. The zero-order chi connectivity index (χ0) is 12.9. The molecule has 0 aromatic heterocycles. The largest absolute Gasteiger partial charge is 0.0587 e. The third-order valence-corrected chi connectivity index (χ3v) is 5.77. The fraction of sp³-hybridized carbons (Fsp3) is 0.579. The molecule has 4 rings (SSSR count). The Morgan fingerprint density at radius 1 is 0.895 bits per heavy atom. The highest BCUT2D eigenvalue weighted by atomic mass is 14.5. The lowest BCUT2D eigenvalue weighted by atomic mass is 9.65. The minimum absolute atomic E-state index is 0.468. The van der Waals surface area contributed by atoms with E-state index in [1.165, 1.54) is 63.4 Å². The Hall–Kier alpha value is -1.04. The number of allylic oxidation sites excluding steroid dienone is 2. The van der Waals surface area contributed by atoms with E-state index in [2.05, 4.69) is 25.1 Å². The van der Waals surface area contributed by atoms with Gasteiger partial charge in [-0.3, -0.25) is 0 Å². The first kappa shape index (κ1) is 11.8. The molecule has 0 aliphatic heterocycles. The van der Waals surface area contributed by atoms with Crippen LogP contribution in [-0.2, 0) is 5.41 Å². The lowest BCUT2D eigenvalue weighted by Gasteiger charge is -2.39. The second kappa shape index (κ2) is 4.23. The van der Waals surface area contributed by atoms with Crippen LogP contribution in [0, 0.1) is 6.92 Å². The summed E-state index contributed by atoms with van der Waals surface area (Å²) in [5.74, 6) is 0. The van der Waals surface area contributed by atoms with Crippen molar-refractivity contribution in [3.05, 3.63) is 40.5 Å². The van der Waals surface area contributed by atoms with Crippen LogP contribution < -0.4 is 0 Å². The van der Waals surface area contributed by atoms with Gasteiger partial charge < -0.3 is 0 Å². The minimum Gasteiger partial charge on any atom is -0.0587 e. The fourth-order valence-corrected chi connectivity index (χ4v) is 4.94. The molecule has 1 aromatic rings. The first-order chi connectivity index (χ1) is 9.31. The van der Waals surface area contributed by atoms with Crippen molar-refractivity contribution in [3.63, 3.8) is 0 Å². The SMILES string of the molecule is Cc1ccc2c(c1)C1(CCCCC1)C1=C2CCCC1. The van der Waals surface area contributed by atoms with Crippen LogP contribution in [0.1, 0.15) is 74.5 Å². The van der Waals surface area contributed by atoms with Crippen LogP contribution in [0.25, 0.3) is 5.57 Å². The molecule has 100 valence electrons. The Balaban J connectivity index is 1.93. The van der Waals surface area contributed by atoms with E-state index in [0.717, 1.165) is 0 Å². The molecule has 19 heavy (non-hydrogen) atoms. The summed E-state index contributed by atoms with van der Waals surface area (Å²) in [5, 5.41) is 0. The lowest BCUT2D eigenvalue weighted by molar-refractivity contribution is 0.334. The highest BCUT2D eigenvalue weighted by Crippen LogP contribution is 2.57. The van der Waals surface area contributed by atoms with Crippen LogP contribution in [0.2, 0.25) is 0 Å². The molecule has 0 atom stereocenters. The molecule has 0 amide bonds. The van der Waals surface area contributed by atoms with Gasteiger partial charge in [0.2, 0.25) is 0 Å². The zero-order valence-electron chi connectivity index (χ0n) is 12.1. The molecule has 3 aliphatic rings. The predicted molar refractivity (Wildman–Crippen MR) is 81.3 cm³/mol. The zero-order valence-corrected chi connectivity index (χ0v) is 12.1. The number of rotatable bonds is 0. The summed E-state index contributed by atoms with van der Waals surface area (Å²) in [7, 11) is 0. The fourth-order valence-electron chi connectivity index (χ4n) is 4.94. The number of hydrogen-bond donors (Lipinski definition) is 0. The number of benzene rings is 1. The quantitative estimate of drug-likeness (QED) is 0.569. The molecule has 0 bridgehead atoms. The predicted octanol–water partition coefficient (Wildman–Crippen LogP) is 5.54. The highest BCUT2D eigenvalue weighted by Gasteiger charge is 2.45. The Morgan fingerprint density at radius 3 is 2.53 bits per heavy atom. The van der Waals surface area contributed by atoms with Crippen molar-refractivity contribution < 1.29 is 0 Å². The average molecular weight is 252 g/mol. The maximum atomic E-state index is 2.51. The number of hydrogen-bond acceptors (Lipinski definition) is 0. The molecule has 1 aromatic carbocycles. The van der Waals surface area contributed by atoms with Crippen LogP contribution in [-0.4, -0.2) is 0 Å². The summed E-state index contributed by atoms with van der Waals surface area (Å²) in [5.41, 5.74) is 8.86. The van der Waals surface area contributed by atoms with E-state index >= 15 is 0 Å². The van der Waals surface area contributed by atoms with Crippen LogP contribution in [0.4, 0.5) is 0 Å². The summed E-state index contributed by atoms with van der Waals surface area (Å²) in [4.78, 5) is 0. The van der Waals surface area contributed by atoms with Gasteiger partial charge in [0.1, 0.15) is 0 Å². The van der Waals surface area contributed by atoms with Crippen molar-refractivity contribution in [3.8, 4) is 0 Å². The molecule has 0 saturated heterocycles. The molecule has 1 saturated carbocycles. The smallest absolute Gasteiger partial charge is 0.0174 e. The topological polar surface area (TPSA) is 0 Å². The third-order valence-electron chi connectivity index (χ3n) is 5.77. The standard InChI is InChI=1S/C19H24/c1-14-9-10-16-15-7-3-4-8-17(15)19(18(16)13-14)11-5-2-6-12-19/h9-10,13H,2-8,11-12H2,1H3. The van der Waals surface area contributed by atoms with E-state index in [0.29, 0.717) is 5.41 Å². The summed E-state index contributed by atoms with van der Waals surface area (Å²) in [6.07, 6.45) is 12.7. The van der Waals surface area contributed by atoms with Crippen molar-refractivity contribution in [2.45, 2.75) is 70.1 Å². The van der Waals surface area contributed by atoms with Gasteiger partial charge in [-0.05, 0) is 62.1 Å². The van der Waals surface area contributed by atoms with Gasteiger partial charge in [0.05, 0.1) is 0 Å². The Kier molecular flexibility index (Phi) is 2.62. The van der Waals surface area contributed by atoms with E-state index in [4.69, 9.17) is 0 Å². The molecule has 0 nitrogen and oxygen atoms in total. The molecule has 1 spiro atoms. The van der Waals surface area contributed by atoms with Gasteiger partial charge in [0, 0.05) is 5.41 Å². The van der Waals surface area contributed by atoms with Gasteiger partial charge in [-0.15, -0.1) is 0 Å². The molecule has 0 N–H and O–H groups in total. The highest BCUT2D eigenvalue weighted by molar-refractivity contribution is 5.81. The van der Waals surface area contributed by atoms with E-state index < -0.39 is 0 Å². The van der Waals surface area contributed by atoms with Crippen LogP contribution in [0.15, 0.2) is 23.8 Å². The van der Waals surface area contributed by atoms with Gasteiger partial charge in [0.15, 0.2) is 0 Å². The van der Waals surface area contributed by atoms with Crippen molar-refractivity contribution >= 4 is 5.57 Å². The van der Waals surface area contributed by atoms with Crippen molar-refractivity contribution in [2.75, 3.05) is 0 Å². The first-order valence-electron chi connectivity index (χ1n) is 8.15. The van der Waals surface area contributed by atoms with Crippen molar-refractivity contribution in [1.82, 2.24) is 0 Å². The molecule has 0 heterocycles. The second-order valence-electron chi connectivity index (χ2n) is 6.86.